The number of carbonyl (C=O) groups is 1. The van der Waals surface area contributed by atoms with E-state index in [4.69, 9.17) is 5.73 Å². The largest absolute Gasteiger partial charge is 0.364 e. The third kappa shape index (κ3) is 4.82. The van der Waals surface area contributed by atoms with Gasteiger partial charge in [0.05, 0.1) is 5.75 Å². The third-order valence-electron chi connectivity index (χ3n) is 3.44. The van der Waals surface area contributed by atoms with Crippen molar-refractivity contribution in [2.24, 2.45) is 5.73 Å². The molecule has 0 spiro atoms. The molecule has 1 amide bonds. The molecule has 0 unspecified atom stereocenters. The Labute approximate surface area is 160 Å². The van der Waals surface area contributed by atoms with Gasteiger partial charge in [-0.15, -0.1) is 0 Å². The topological polar surface area (TPSA) is 151 Å². The molecule has 2 rings (SSSR count). The van der Waals surface area contributed by atoms with Crippen LogP contribution in [0.5, 0.6) is 0 Å². The van der Waals surface area contributed by atoms with E-state index in [0.29, 0.717) is 21.8 Å². The number of fused-ring (bicyclic) bond motifs is 1. The molecule has 26 heavy (non-hydrogen) atoms. The summed E-state index contributed by atoms with van der Waals surface area (Å²) in [5.74, 6) is -0.955. The minimum Gasteiger partial charge on any atom is -0.364 e. The first-order valence-electron chi connectivity index (χ1n) is 7.65. The van der Waals surface area contributed by atoms with E-state index < -0.39 is 26.0 Å². The number of benzene rings is 1. The molecule has 0 bridgehead atoms. The second kappa shape index (κ2) is 8.05. The number of H-pyrrole nitrogens is 1. The molecule has 0 saturated carbocycles. The summed E-state index contributed by atoms with van der Waals surface area (Å²) in [5, 5.41) is 0.298. The van der Waals surface area contributed by atoms with E-state index in [1.165, 1.54) is 0 Å². The van der Waals surface area contributed by atoms with E-state index in [-0.39, 0.29) is 29.4 Å². The zero-order chi connectivity index (χ0) is 19.5. The van der Waals surface area contributed by atoms with Gasteiger partial charge in [0.2, 0.25) is 20.0 Å². The molecule has 12 heteroatoms. The Bertz CT molecular complexity index is 1030. The number of amides is 1. The lowest BCUT2D eigenvalue weighted by molar-refractivity contribution is 0.0993. The summed E-state index contributed by atoms with van der Waals surface area (Å²) in [7, 11) is -7.54. The van der Waals surface area contributed by atoms with Crippen LogP contribution in [0, 0.1) is 0 Å². The molecule has 5 N–H and O–H groups in total. The van der Waals surface area contributed by atoms with Crippen molar-refractivity contribution in [2.75, 3.05) is 18.8 Å². The summed E-state index contributed by atoms with van der Waals surface area (Å²) in [6.07, 6.45) is 0.452. The summed E-state index contributed by atoms with van der Waals surface area (Å²) >= 11 is 3.26. The van der Waals surface area contributed by atoms with Crippen molar-refractivity contribution in [3.8, 4) is 0 Å². The van der Waals surface area contributed by atoms with Gasteiger partial charge in [-0.3, -0.25) is 4.79 Å². The fourth-order valence-electron chi connectivity index (χ4n) is 2.40. The van der Waals surface area contributed by atoms with Crippen LogP contribution in [-0.2, 0) is 20.0 Å². The standard InChI is InChI=1S/C14H19BrN4O5S2/c1-2-7-25(21,22)17-5-6-18-26(23,24)13-10-8-9(15)3-4-11(10)19-12(13)14(16)20/h3-4,8,17-19H,2,5-7H2,1H3,(H2,16,20). The summed E-state index contributed by atoms with van der Waals surface area (Å²) in [6, 6.07) is 4.86. The van der Waals surface area contributed by atoms with Crippen LogP contribution in [0.2, 0.25) is 0 Å². The number of aromatic nitrogens is 1. The van der Waals surface area contributed by atoms with Gasteiger partial charge in [-0.25, -0.2) is 26.3 Å². The third-order valence-corrected chi connectivity index (χ3v) is 7.07. The van der Waals surface area contributed by atoms with Crippen LogP contribution in [0.25, 0.3) is 10.9 Å². The average Bonchev–Trinajstić information content (AvgIpc) is 2.91. The number of sulfonamides is 2. The molecule has 1 aromatic carbocycles. The fraction of sp³-hybridized carbons (Fsp3) is 0.357. The molecule has 2 aromatic rings. The van der Waals surface area contributed by atoms with Gasteiger partial charge in [-0.05, 0) is 24.6 Å². The monoisotopic (exact) mass is 466 g/mol. The van der Waals surface area contributed by atoms with Crippen molar-refractivity contribution in [3.05, 3.63) is 28.4 Å². The maximum Gasteiger partial charge on any atom is 0.266 e. The minimum atomic E-state index is -4.10. The van der Waals surface area contributed by atoms with Crippen molar-refractivity contribution in [1.82, 2.24) is 14.4 Å². The molecule has 144 valence electrons. The molecular formula is C14H19BrN4O5S2. The van der Waals surface area contributed by atoms with Crippen molar-refractivity contribution in [3.63, 3.8) is 0 Å². The fourth-order valence-corrected chi connectivity index (χ4v) is 5.25. The smallest absolute Gasteiger partial charge is 0.266 e. The molecule has 0 aliphatic heterocycles. The molecule has 0 saturated heterocycles. The van der Waals surface area contributed by atoms with Crippen LogP contribution < -0.4 is 15.2 Å². The number of hydrogen-bond acceptors (Lipinski definition) is 5. The normalized spacial score (nSPS) is 12.5. The first-order valence-corrected chi connectivity index (χ1v) is 11.6. The van der Waals surface area contributed by atoms with Crippen LogP contribution in [-0.4, -0.2) is 46.6 Å². The number of hydrogen-bond donors (Lipinski definition) is 4. The second-order valence-electron chi connectivity index (χ2n) is 5.49. The molecule has 0 radical (unpaired) electrons. The summed E-state index contributed by atoms with van der Waals surface area (Å²) in [5.41, 5.74) is 5.49. The Morgan fingerprint density at radius 3 is 2.46 bits per heavy atom. The first kappa shape index (κ1) is 20.8. The highest BCUT2D eigenvalue weighted by atomic mass is 79.9. The molecule has 9 nitrogen and oxygen atoms in total. The van der Waals surface area contributed by atoms with Crippen molar-refractivity contribution < 1.29 is 21.6 Å². The number of primary amides is 1. The maximum absolute atomic E-state index is 12.7. The van der Waals surface area contributed by atoms with Crippen molar-refractivity contribution >= 4 is 52.8 Å². The summed E-state index contributed by atoms with van der Waals surface area (Å²) in [4.78, 5) is 14.1. The number of carbonyl (C=O) groups excluding carboxylic acids is 1. The van der Waals surface area contributed by atoms with Gasteiger partial charge in [-0.2, -0.15) is 0 Å². The zero-order valence-electron chi connectivity index (χ0n) is 13.9. The highest BCUT2D eigenvalue weighted by molar-refractivity contribution is 9.10. The van der Waals surface area contributed by atoms with E-state index in [0.717, 1.165) is 0 Å². The predicted octanol–water partition coefficient (Wildman–Crippen LogP) is 0.637. The molecule has 1 aromatic heterocycles. The van der Waals surface area contributed by atoms with Gasteiger partial charge in [0, 0.05) is 28.5 Å². The Hall–Kier alpha value is -1.47. The van der Waals surface area contributed by atoms with Gasteiger partial charge in [-0.1, -0.05) is 22.9 Å². The number of nitrogens with one attached hydrogen (secondary N) is 3. The predicted molar refractivity (Wildman–Crippen MR) is 102 cm³/mol. The Morgan fingerprint density at radius 2 is 1.85 bits per heavy atom. The van der Waals surface area contributed by atoms with E-state index in [2.05, 4.69) is 30.4 Å². The number of halogens is 1. The molecule has 0 aliphatic carbocycles. The van der Waals surface area contributed by atoms with Gasteiger partial charge in [0.15, 0.2) is 0 Å². The highest BCUT2D eigenvalue weighted by Gasteiger charge is 2.27. The Balaban J connectivity index is 2.27. The maximum atomic E-state index is 12.7. The Morgan fingerprint density at radius 1 is 1.19 bits per heavy atom. The van der Waals surface area contributed by atoms with Crippen LogP contribution in [0.15, 0.2) is 27.6 Å². The second-order valence-corrected chi connectivity index (χ2v) is 10.0. The quantitative estimate of drug-likeness (QED) is 0.399. The number of nitrogens with two attached hydrogens (primary N) is 1. The SMILES string of the molecule is CCCS(=O)(=O)NCCNS(=O)(=O)c1c(C(N)=O)[nH]c2ccc(Br)cc12. The van der Waals surface area contributed by atoms with Crippen LogP contribution in [0.3, 0.4) is 0 Å². The first-order chi connectivity index (χ1) is 12.1. The van der Waals surface area contributed by atoms with Crippen LogP contribution in [0.4, 0.5) is 0 Å². The molecular weight excluding hydrogens is 448 g/mol. The lowest BCUT2D eigenvalue weighted by Crippen LogP contribution is -2.36. The van der Waals surface area contributed by atoms with E-state index in [9.17, 15) is 21.6 Å². The van der Waals surface area contributed by atoms with Crippen LogP contribution >= 0.6 is 15.9 Å². The van der Waals surface area contributed by atoms with Gasteiger partial charge >= 0.3 is 0 Å². The summed E-state index contributed by atoms with van der Waals surface area (Å²) < 4.78 is 53.7. The molecule has 0 fully saturated rings. The number of rotatable bonds is 9. The van der Waals surface area contributed by atoms with E-state index in [1.54, 1.807) is 25.1 Å². The average molecular weight is 467 g/mol. The van der Waals surface area contributed by atoms with Gasteiger partial charge in [0.1, 0.15) is 10.6 Å². The lowest BCUT2D eigenvalue weighted by atomic mass is 10.2. The number of aromatic amines is 1. The minimum absolute atomic E-state index is 0.0396. The van der Waals surface area contributed by atoms with E-state index >= 15 is 0 Å². The van der Waals surface area contributed by atoms with Crippen molar-refractivity contribution in [2.45, 2.75) is 18.2 Å². The van der Waals surface area contributed by atoms with Crippen molar-refractivity contribution in [1.29, 1.82) is 0 Å². The molecule has 0 atom stereocenters. The lowest BCUT2D eigenvalue weighted by Gasteiger charge is -2.09. The van der Waals surface area contributed by atoms with Gasteiger partial charge < -0.3 is 10.7 Å². The zero-order valence-corrected chi connectivity index (χ0v) is 17.1. The molecule has 0 aliphatic rings. The molecule has 1 heterocycles. The van der Waals surface area contributed by atoms with Crippen LogP contribution in [0.1, 0.15) is 23.8 Å². The van der Waals surface area contributed by atoms with Gasteiger partial charge in [0.25, 0.3) is 5.91 Å². The highest BCUT2D eigenvalue weighted by Crippen LogP contribution is 2.29. The summed E-state index contributed by atoms with van der Waals surface area (Å²) in [6.45, 7) is 1.44. The Kier molecular flexibility index (Phi) is 6.45. The van der Waals surface area contributed by atoms with E-state index in [1.807, 2.05) is 0 Å².